The van der Waals surface area contributed by atoms with Gasteiger partial charge in [-0.25, -0.2) is 9.59 Å². The highest BCUT2D eigenvalue weighted by Gasteiger charge is 2.13. The van der Waals surface area contributed by atoms with E-state index in [-0.39, 0.29) is 0 Å². The Bertz CT molecular complexity index is 1240. The summed E-state index contributed by atoms with van der Waals surface area (Å²) >= 11 is 0. The average molecular weight is 495 g/mol. The lowest BCUT2D eigenvalue weighted by Crippen LogP contribution is -2.19. The van der Waals surface area contributed by atoms with Gasteiger partial charge in [-0.2, -0.15) is 0 Å². The molecular formula is C31H30N2O4. The summed E-state index contributed by atoms with van der Waals surface area (Å²) in [5.41, 5.74) is 5.35. The normalized spacial score (nSPS) is 10.4. The minimum atomic E-state index is -0.569. The van der Waals surface area contributed by atoms with Crippen molar-refractivity contribution < 1.29 is 19.1 Å². The van der Waals surface area contributed by atoms with Crippen LogP contribution >= 0.6 is 0 Å². The number of rotatable bonds is 8. The van der Waals surface area contributed by atoms with Crippen molar-refractivity contribution in [1.29, 1.82) is 0 Å². The fraction of sp³-hybridized carbons (Fsp3) is 0.161. The van der Waals surface area contributed by atoms with Gasteiger partial charge in [-0.05, 0) is 71.5 Å². The van der Waals surface area contributed by atoms with Crippen molar-refractivity contribution in [2.45, 2.75) is 33.1 Å². The van der Waals surface area contributed by atoms with Crippen LogP contribution in [0.15, 0.2) is 97.1 Å². The van der Waals surface area contributed by atoms with E-state index in [1.165, 1.54) is 11.1 Å². The third kappa shape index (κ3) is 7.21. The number of aryl methyl sites for hydroxylation is 2. The van der Waals surface area contributed by atoms with E-state index < -0.39 is 12.2 Å². The molecule has 2 N–H and O–H groups in total. The Morgan fingerprint density at radius 2 is 0.946 bits per heavy atom. The fourth-order valence-corrected chi connectivity index (χ4v) is 3.87. The summed E-state index contributed by atoms with van der Waals surface area (Å²) in [5, 5.41) is 5.67. The minimum absolute atomic E-state index is 0.475. The lowest BCUT2D eigenvalue weighted by Gasteiger charge is -2.14. The Morgan fingerprint density at radius 3 is 1.32 bits per heavy atom. The molecule has 0 saturated carbocycles. The summed E-state index contributed by atoms with van der Waals surface area (Å²) in [7, 11) is 0. The molecule has 0 unspecified atom stereocenters. The number of hydrogen-bond acceptors (Lipinski definition) is 4. The van der Waals surface area contributed by atoms with Crippen molar-refractivity contribution in [3.8, 4) is 11.5 Å². The van der Waals surface area contributed by atoms with Gasteiger partial charge in [-0.1, -0.05) is 74.5 Å². The highest BCUT2D eigenvalue weighted by molar-refractivity contribution is 5.89. The summed E-state index contributed by atoms with van der Waals surface area (Å²) in [6, 6.07) is 29.9. The maximum Gasteiger partial charge on any atom is 0.417 e. The molecule has 4 aromatic carbocycles. The zero-order valence-corrected chi connectivity index (χ0v) is 21.0. The molecule has 0 heterocycles. The van der Waals surface area contributed by atoms with E-state index in [2.05, 4.69) is 24.5 Å². The lowest BCUT2D eigenvalue weighted by atomic mass is 10.0. The predicted molar refractivity (Wildman–Crippen MR) is 147 cm³/mol. The van der Waals surface area contributed by atoms with Crippen LogP contribution in [-0.4, -0.2) is 12.2 Å². The summed E-state index contributed by atoms with van der Waals surface area (Å²) in [4.78, 5) is 25.1. The standard InChI is InChI=1S/C31H30N2O4/c1-3-22-13-17-26(18-14-22)36-30(34)32-28-11-7-5-9-24(28)21-25-10-6-8-12-29(25)33-31(35)37-27-19-15-23(4-2)16-20-27/h5-20H,3-4,21H2,1-2H3,(H,32,34)(H,33,35). The molecule has 0 aliphatic heterocycles. The molecule has 0 atom stereocenters. The summed E-state index contributed by atoms with van der Waals surface area (Å²) in [6.07, 6.45) is 1.17. The summed E-state index contributed by atoms with van der Waals surface area (Å²) in [6.45, 7) is 4.14. The number of ether oxygens (including phenoxy) is 2. The first kappa shape index (κ1) is 25.5. The molecule has 4 rings (SSSR count). The highest BCUT2D eigenvalue weighted by Crippen LogP contribution is 2.25. The van der Waals surface area contributed by atoms with Crippen LogP contribution in [0.2, 0.25) is 0 Å². The van der Waals surface area contributed by atoms with E-state index in [4.69, 9.17) is 9.47 Å². The first-order valence-electron chi connectivity index (χ1n) is 12.4. The largest absolute Gasteiger partial charge is 0.417 e. The quantitative estimate of drug-likeness (QED) is 0.264. The second kappa shape index (κ2) is 12.4. The summed E-state index contributed by atoms with van der Waals surface area (Å²) in [5.74, 6) is 0.953. The van der Waals surface area contributed by atoms with E-state index in [0.29, 0.717) is 29.3 Å². The number of nitrogens with one attached hydrogen (secondary N) is 2. The zero-order valence-electron chi connectivity index (χ0n) is 21.0. The number of hydrogen-bond donors (Lipinski definition) is 2. The number of benzene rings is 4. The van der Waals surface area contributed by atoms with E-state index >= 15 is 0 Å². The Hall–Kier alpha value is -4.58. The van der Waals surface area contributed by atoms with Crippen LogP contribution in [-0.2, 0) is 19.3 Å². The second-order valence-corrected chi connectivity index (χ2v) is 8.52. The van der Waals surface area contributed by atoms with Crippen LogP contribution in [0.25, 0.3) is 0 Å². The number of para-hydroxylation sites is 2. The number of carbonyl (C=O) groups is 2. The molecule has 0 fully saturated rings. The number of carbonyl (C=O) groups excluding carboxylic acids is 2. The van der Waals surface area contributed by atoms with E-state index in [0.717, 1.165) is 24.0 Å². The molecule has 0 bridgehead atoms. The van der Waals surface area contributed by atoms with Crippen molar-refractivity contribution in [3.05, 3.63) is 119 Å². The van der Waals surface area contributed by atoms with Gasteiger partial charge in [0.15, 0.2) is 0 Å². The second-order valence-electron chi connectivity index (χ2n) is 8.52. The maximum atomic E-state index is 12.6. The molecule has 0 aliphatic carbocycles. The van der Waals surface area contributed by atoms with Gasteiger partial charge in [-0.15, -0.1) is 0 Å². The monoisotopic (exact) mass is 494 g/mol. The average Bonchev–Trinajstić information content (AvgIpc) is 2.91. The molecular weight excluding hydrogens is 464 g/mol. The van der Waals surface area contributed by atoms with Crippen LogP contribution < -0.4 is 20.1 Å². The van der Waals surface area contributed by atoms with E-state index in [1.807, 2.05) is 72.8 Å². The number of amides is 2. The van der Waals surface area contributed by atoms with Crippen molar-refractivity contribution in [1.82, 2.24) is 0 Å². The summed E-state index contributed by atoms with van der Waals surface area (Å²) < 4.78 is 10.9. The molecule has 37 heavy (non-hydrogen) atoms. The molecule has 6 heteroatoms. The van der Waals surface area contributed by atoms with Gasteiger partial charge in [0.25, 0.3) is 0 Å². The van der Waals surface area contributed by atoms with Gasteiger partial charge in [0.1, 0.15) is 11.5 Å². The smallest absolute Gasteiger partial charge is 0.410 e. The van der Waals surface area contributed by atoms with Crippen LogP contribution in [0.1, 0.15) is 36.1 Å². The fourth-order valence-electron chi connectivity index (χ4n) is 3.87. The predicted octanol–water partition coefficient (Wildman–Crippen LogP) is 7.62. The molecule has 0 aliphatic rings. The van der Waals surface area contributed by atoms with Gasteiger partial charge in [0, 0.05) is 17.8 Å². The van der Waals surface area contributed by atoms with Gasteiger partial charge < -0.3 is 9.47 Å². The first-order chi connectivity index (χ1) is 18.0. The van der Waals surface area contributed by atoms with Crippen LogP contribution in [0.4, 0.5) is 21.0 Å². The van der Waals surface area contributed by atoms with Gasteiger partial charge in [0.2, 0.25) is 0 Å². The van der Waals surface area contributed by atoms with Crippen molar-refractivity contribution in [2.75, 3.05) is 10.6 Å². The van der Waals surface area contributed by atoms with Crippen molar-refractivity contribution >= 4 is 23.6 Å². The molecule has 0 radical (unpaired) electrons. The third-order valence-corrected chi connectivity index (χ3v) is 5.97. The zero-order chi connectivity index (χ0) is 26.0. The van der Waals surface area contributed by atoms with Crippen molar-refractivity contribution in [2.24, 2.45) is 0 Å². The van der Waals surface area contributed by atoms with E-state index in [9.17, 15) is 9.59 Å². The molecule has 4 aromatic rings. The van der Waals surface area contributed by atoms with E-state index in [1.54, 1.807) is 24.3 Å². The molecule has 188 valence electrons. The highest BCUT2D eigenvalue weighted by atomic mass is 16.6. The van der Waals surface area contributed by atoms with Crippen LogP contribution in [0, 0.1) is 0 Å². The van der Waals surface area contributed by atoms with Crippen molar-refractivity contribution in [3.63, 3.8) is 0 Å². The molecule has 0 saturated heterocycles. The SMILES string of the molecule is CCc1ccc(OC(=O)Nc2ccccc2Cc2ccccc2NC(=O)Oc2ccc(CC)cc2)cc1. The topological polar surface area (TPSA) is 76.7 Å². The molecule has 0 aromatic heterocycles. The third-order valence-electron chi connectivity index (χ3n) is 5.97. The number of anilines is 2. The maximum absolute atomic E-state index is 12.6. The minimum Gasteiger partial charge on any atom is -0.410 e. The van der Waals surface area contributed by atoms with Gasteiger partial charge >= 0.3 is 12.2 Å². The van der Waals surface area contributed by atoms with Crippen LogP contribution in [0.5, 0.6) is 11.5 Å². The Morgan fingerprint density at radius 1 is 0.568 bits per heavy atom. The lowest BCUT2D eigenvalue weighted by molar-refractivity contribution is 0.214. The molecule has 2 amide bonds. The molecule has 0 spiro atoms. The Balaban J connectivity index is 1.43. The van der Waals surface area contributed by atoms with Gasteiger partial charge in [0.05, 0.1) is 0 Å². The molecule has 6 nitrogen and oxygen atoms in total. The van der Waals surface area contributed by atoms with Gasteiger partial charge in [-0.3, -0.25) is 10.6 Å². The first-order valence-corrected chi connectivity index (χ1v) is 12.4. The Kier molecular flexibility index (Phi) is 8.55. The van der Waals surface area contributed by atoms with Crippen LogP contribution in [0.3, 0.4) is 0 Å². The Labute approximate surface area is 217 Å².